The number of methoxy groups -OCH3 is 2. The molecule has 0 atom stereocenters. The van der Waals surface area contributed by atoms with Gasteiger partial charge in [0.25, 0.3) is 17.5 Å². The third-order valence-corrected chi connectivity index (χ3v) is 12.6. The number of fused-ring (bicyclic) bond motifs is 2. The molecule has 0 spiro atoms. The Morgan fingerprint density at radius 3 is 1.36 bits per heavy atom. The van der Waals surface area contributed by atoms with E-state index in [-0.39, 0.29) is 21.7 Å². The summed E-state index contributed by atoms with van der Waals surface area (Å²) >= 11 is 9.53. The number of amides is 1. The number of carbonyl (C=O) groups excluding carboxylic acids is 3. The van der Waals surface area contributed by atoms with Gasteiger partial charge in [-0.25, -0.2) is 9.00 Å². The minimum Gasteiger partial charge on any atom is -0.495 e. The van der Waals surface area contributed by atoms with Gasteiger partial charge in [-0.1, -0.05) is 102 Å². The molecule has 0 aliphatic carbocycles. The van der Waals surface area contributed by atoms with Crippen LogP contribution in [0, 0.1) is 0 Å². The molecule has 0 bridgehead atoms. The van der Waals surface area contributed by atoms with E-state index in [0.29, 0.717) is 58.2 Å². The summed E-state index contributed by atoms with van der Waals surface area (Å²) in [5, 5.41) is 14.7. The van der Waals surface area contributed by atoms with Crippen molar-refractivity contribution in [3.05, 3.63) is 131 Å². The van der Waals surface area contributed by atoms with Crippen molar-refractivity contribution in [2.75, 3.05) is 110 Å². The Morgan fingerprint density at radius 1 is 0.600 bits per heavy atom. The van der Waals surface area contributed by atoms with E-state index in [9.17, 15) is 19.2 Å². The second-order valence-corrected chi connectivity index (χ2v) is 23.3. The Labute approximate surface area is 490 Å². The second kappa shape index (κ2) is 33.3. The number of morpholine rings is 2. The number of carboxylic acids is 1. The molecule has 80 heavy (non-hydrogen) atoms. The van der Waals surface area contributed by atoms with Crippen molar-refractivity contribution in [1.82, 2.24) is 9.80 Å². The summed E-state index contributed by atoms with van der Waals surface area (Å²) in [6.07, 6.45) is 0. The number of hydrogen-bond donors (Lipinski definition) is 3. The lowest BCUT2D eigenvalue weighted by Gasteiger charge is -2.26. The van der Waals surface area contributed by atoms with Crippen LogP contribution in [0.3, 0.4) is 0 Å². The maximum absolute atomic E-state index is 13.3. The fourth-order valence-electron chi connectivity index (χ4n) is 8.30. The minimum atomic E-state index is -1.67. The summed E-state index contributed by atoms with van der Waals surface area (Å²) < 4.78 is 42.2. The Bertz CT molecular complexity index is 3010. The average Bonchev–Trinajstić information content (AvgIpc) is 3.47. The normalized spacial score (nSPS) is 13.6. The molecule has 2 fully saturated rings. The number of rotatable bonds is 15. The van der Waals surface area contributed by atoms with Crippen LogP contribution in [-0.2, 0) is 39.1 Å². The fraction of sp³-hybridized carbons (Fsp3) is 0.390. The van der Waals surface area contributed by atoms with Crippen molar-refractivity contribution in [3.8, 4) is 23.0 Å². The highest BCUT2D eigenvalue weighted by Crippen LogP contribution is 2.34. The van der Waals surface area contributed by atoms with Crippen molar-refractivity contribution in [2.45, 2.75) is 52.4 Å². The SMILES string of the molecule is COc1ccc(C(C)(C)C)cc1N.COc1ccc(C(C)(C)C)cc1NC(=O)C(=O)c1ccc(OCCN2CCOCC2)c2ccccc12.ClCCl.O=C(O)C(=O)c1ccc(OCCN2CCOCC2)c2ccccc12.O=S(Cl)Cl. The Hall–Kier alpha value is -5.73. The largest absolute Gasteiger partial charge is 0.495 e. The standard InChI is InChI=1S/C29H34N2O5.C18H19NO5.C11H17NO.CH2Cl2.Cl2OS/c1-29(2,3)20-9-11-26(34-4)24(19-20)30-28(33)27(32)23-10-12-25(22-8-6-5-7-21(22)23)36-18-15-31-13-16-35-17-14-31;20-17(18(21)22)15-5-6-16(14-4-2-1-3-13(14)15)24-12-9-19-7-10-23-11-8-19;1-11(2,3)8-5-6-10(13-4)9(12)7-8;2-1-3;1-4(2)3/h5-12,19H,13-18H2,1-4H3,(H,30,33);1-6H,7-12H2,(H,21,22);5-7H,12H2,1-4H3;1H2;. The number of Topliss-reactive ketones (excluding diaryl/α,β-unsaturated/α-hetero) is 2. The van der Waals surface area contributed by atoms with E-state index in [1.807, 2.05) is 60.7 Å². The molecule has 0 unspecified atom stereocenters. The molecular formula is C59H72Cl4N4O12S. The number of aliphatic carboxylic acids is 1. The van der Waals surface area contributed by atoms with Gasteiger partial charge in [-0.2, -0.15) is 0 Å². The van der Waals surface area contributed by atoms with Gasteiger partial charge in [0.05, 0.1) is 57.4 Å². The summed E-state index contributed by atoms with van der Waals surface area (Å²) in [7, 11) is 10.5. The summed E-state index contributed by atoms with van der Waals surface area (Å²) in [4.78, 5) is 53.7. The highest BCUT2D eigenvalue weighted by molar-refractivity contribution is 8.26. The molecule has 16 nitrogen and oxygen atoms in total. The third-order valence-electron chi connectivity index (χ3n) is 12.6. The van der Waals surface area contributed by atoms with Crippen molar-refractivity contribution >= 4 is 110 Å². The zero-order valence-corrected chi connectivity index (χ0v) is 50.3. The van der Waals surface area contributed by atoms with E-state index in [1.165, 1.54) is 18.7 Å². The van der Waals surface area contributed by atoms with E-state index in [0.717, 1.165) is 87.8 Å². The summed E-state index contributed by atoms with van der Waals surface area (Å²) in [5.41, 5.74) is 9.75. The van der Waals surface area contributed by atoms with Gasteiger partial charge in [-0.3, -0.25) is 24.2 Å². The van der Waals surface area contributed by atoms with Crippen molar-refractivity contribution < 1.29 is 56.9 Å². The number of hydrogen-bond acceptors (Lipinski definition) is 14. The molecule has 2 heterocycles. The Morgan fingerprint density at radius 2 is 0.975 bits per heavy atom. The quantitative estimate of drug-likeness (QED) is 0.0287. The number of carboxylic acid groups (broad SMARTS) is 1. The maximum Gasteiger partial charge on any atom is 0.377 e. The topological polar surface area (TPSA) is 205 Å². The highest BCUT2D eigenvalue weighted by Gasteiger charge is 2.24. The van der Waals surface area contributed by atoms with Crippen LogP contribution in [0.15, 0.2) is 109 Å². The zero-order chi connectivity index (χ0) is 59.0. The monoisotopic (exact) mass is 1200 g/mol. The molecule has 6 aromatic carbocycles. The number of halogens is 4. The number of nitrogens with two attached hydrogens (primary N) is 1. The molecule has 8 rings (SSSR count). The lowest BCUT2D eigenvalue weighted by atomic mass is 9.87. The van der Waals surface area contributed by atoms with Gasteiger partial charge in [0.2, 0.25) is 9.23 Å². The van der Waals surface area contributed by atoms with Crippen LogP contribution < -0.4 is 30.0 Å². The van der Waals surface area contributed by atoms with Crippen LogP contribution in [0.1, 0.15) is 73.4 Å². The van der Waals surface area contributed by atoms with Crippen molar-refractivity contribution in [3.63, 3.8) is 0 Å². The molecule has 4 N–H and O–H groups in total. The first-order chi connectivity index (χ1) is 38.0. The molecule has 6 aromatic rings. The average molecular weight is 1200 g/mol. The first-order valence-corrected chi connectivity index (χ1v) is 29.4. The summed E-state index contributed by atoms with van der Waals surface area (Å²) in [5.74, 6) is -1.12. The molecule has 0 aromatic heterocycles. The third kappa shape index (κ3) is 21.0. The Balaban J connectivity index is 0.000000267. The van der Waals surface area contributed by atoms with E-state index in [2.05, 4.69) is 84.1 Å². The molecule has 1 amide bonds. The molecule has 0 radical (unpaired) electrons. The van der Waals surface area contributed by atoms with Gasteiger partial charge in [-0.05, 0) is 81.3 Å². The van der Waals surface area contributed by atoms with Gasteiger partial charge in [0.1, 0.15) is 36.2 Å². The lowest BCUT2D eigenvalue weighted by Crippen LogP contribution is -2.38. The van der Waals surface area contributed by atoms with Crippen molar-refractivity contribution in [2.24, 2.45) is 0 Å². The number of nitrogens with one attached hydrogen (secondary N) is 1. The number of alkyl halides is 2. The van der Waals surface area contributed by atoms with Crippen LogP contribution >= 0.6 is 44.6 Å². The molecule has 21 heteroatoms. The second-order valence-electron chi connectivity index (χ2n) is 20.0. The number of ketones is 2. The molecular weight excluding hydrogens is 1130 g/mol. The number of nitrogens with zero attached hydrogens (tertiary/aromatic N) is 2. The van der Waals surface area contributed by atoms with Crippen LogP contribution in [0.5, 0.6) is 23.0 Å². The number of carbonyl (C=O) groups is 4. The van der Waals surface area contributed by atoms with Crippen LogP contribution in [-0.4, -0.2) is 141 Å². The molecule has 0 saturated carbocycles. The number of nitrogen functional groups attached to an aromatic ring is 1. The molecule has 2 aliphatic rings. The van der Waals surface area contributed by atoms with Crippen LogP contribution in [0.4, 0.5) is 11.4 Å². The predicted octanol–water partition coefficient (Wildman–Crippen LogP) is 11.5. The van der Waals surface area contributed by atoms with E-state index >= 15 is 0 Å². The molecule has 434 valence electrons. The smallest absolute Gasteiger partial charge is 0.377 e. The zero-order valence-electron chi connectivity index (χ0n) is 46.4. The maximum atomic E-state index is 13.3. The van der Waals surface area contributed by atoms with Crippen molar-refractivity contribution in [1.29, 1.82) is 0 Å². The van der Waals surface area contributed by atoms with E-state index in [4.69, 9.17) is 66.7 Å². The highest BCUT2D eigenvalue weighted by atomic mass is 36.0. The van der Waals surface area contributed by atoms with Gasteiger partial charge in [0, 0.05) is 82.5 Å². The first-order valence-electron chi connectivity index (χ1n) is 25.6. The fourth-order valence-corrected chi connectivity index (χ4v) is 8.30. The van der Waals surface area contributed by atoms with E-state index < -0.39 is 32.7 Å². The van der Waals surface area contributed by atoms with Gasteiger partial charge in [-0.15, -0.1) is 23.2 Å². The van der Waals surface area contributed by atoms with Gasteiger partial charge >= 0.3 is 5.97 Å². The summed E-state index contributed by atoms with van der Waals surface area (Å²) in [6, 6.07) is 32.8. The number of ether oxygens (including phenoxy) is 6. The van der Waals surface area contributed by atoms with Gasteiger partial charge < -0.3 is 44.6 Å². The minimum absolute atomic E-state index is 0.121. The number of benzene rings is 6. The Kier molecular flexibility index (Phi) is 27.8. The molecule has 2 aliphatic heterocycles. The van der Waals surface area contributed by atoms with Crippen LogP contribution in [0.2, 0.25) is 0 Å². The predicted molar refractivity (Wildman–Crippen MR) is 323 cm³/mol. The molecule has 2 saturated heterocycles. The van der Waals surface area contributed by atoms with Gasteiger partial charge in [0.15, 0.2) is 0 Å². The lowest BCUT2D eigenvalue weighted by molar-refractivity contribution is -0.131. The summed E-state index contributed by atoms with van der Waals surface area (Å²) in [6.45, 7) is 22.0. The van der Waals surface area contributed by atoms with E-state index in [1.54, 1.807) is 43.5 Å². The van der Waals surface area contributed by atoms with Crippen LogP contribution in [0.25, 0.3) is 21.5 Å². The first kappa shape index (κ1) is 66.8. The number of anilines is 2.